The van der Waals surface area contributed by atoms with Crippen LogP contribution in [0.5, 0.6) is 0 Å². The van der Waals surface area contributed by atoms with Crippen molar-refractivity contribution in [2.75, 3.05) is 0 Å². The summed E-state index contributed by atoms with van der Waals surface area (Å²) in [6.45, 7) is 1.99. The predicted octanol–water partition coefficient (Wildman–Crippen LogP) is 4.75. The monoisotopic (exact) mass is 354 g/mol. The maximum absolute atomic E-state index is 12.8. The predicted molar refractivity (Wildman–Crippen MR) is 109 cm³/mol. The number of rotatable bonds is 3. The van der Waals surface area contributed by atoms with Crippen LogP contribution in [0.1, 0.15) is 16.8 Å². The lowest BCUT2D eigenvalue weighted by molar-refractivity contribution is 0.515. The van der Waals surface area contributed by atoms with E-state index in [0.717, 1.165) is 10.9 Å². The molecule has 0 atom stereocenters. The zero-order valence-electron chi connectivity index (χ0n) is 14.8. The van der Waals surface area contributed by atoms with E-state index in [1.807, 2.05) is 79.7 Å². The van der Waals surface area contributed by atoms with E-state index < -0.39 is 0 Å². The zero-order valence-corrected chi connectivity index (χ0v) is 14.8. The first kappa shape index (κ1) is 16.8. The summed E-state index contributed by atoms with van der Waals surface area (Å²) in [6.07, 6.45) is 1.63. The van der Waals surface area contributed by atoms with Crippen molar-refractivity contribution in [3.8, 4) is 5.69 Å². The highest BCUT2D eigenvalue weighted by atomic mass is 16.3. The van der Waals surface area contributed by atoms with Gasteiger partial charge in [-0.2, -0.15) is 4.98 Å². The number of hydrogen-bond donors (Lipinski definition) is 1. The topological polar surface area (TPSA) is 55.1 Å². The van der Waals surface area contributed by atoms with E-state index in [1.165, 1.54) is 4.57 Å². The Balaban J connectivity index is 2.01. The molecule has 0 saturated carbocycles. The Kier molecular flexibility index (Phi) is 4.30. The molecule has 0 aliphatic rings. The van der Waals surface area contributed by atoms with E-state index >= 15 is 0 Å². The number of benzene rings is 3. The van der Waals surface area contributed by atoms with Gasteiger partial charge < -0.3 is 5.11 Å². The first-order valence-corrected chi connectivity index (χ1v) is 8.68. The fraction of sp³-hybridized carbons (Fsp3) is 0.0435. The van der Waals surface area contributed by atoms with Gasteiger partial charge in [-0.3, -0.25) is 4.57 Å². The van der Waals surface area contributed by atoms with Crippen LogP contribution in [0.2, 0.25) is 0 Å². The van der Waals surface area contributed by atoms with Crippen molar-refractivity contribution in [1.29, 1.82) is 0 Å². The molecule has 0 unspecified atom stereocenters. The second kappa shape index (κ2) is 6.92. The number of aliphatic hydroxyl groups is 1. The minimum Gasteiger partial charge on any atom is -0.507 e. The zero-order chi connectivity index (χ0) is 18.8. The summed E-state index contributed by atoms with van der Waals surface area (Å²) < 4.78 is 1.52. The van der Waals surface area contributed by atoms with Crippen LogP contribution in [0.15, 0.2) is 83.7 Å². The molecule has 132 valence electrons. The Bertz CT molecular complexity index is 1190. The molecule has 0 fully saturated rings. The van der Waals surface area contributed by atoms with E-state index in [-0.39, 0.29) is 11.4 Å². The third-order valence-corrected chi connectivity index (χ3v) is 4.46. The smallest absolute Gasteiger partial charge is 0.353 e. The van der Waals surface area contributed by atoms with Gasteiger partial charge >= 0.3 is 5.69 Å². The van der Waals surface area contributed by atoms with Crippen molar-refractivity contribution in [3.05, 3.63) is 106 Å². The number of fused-ring (bicyclic) bond motifs is 1. The molecule has 1 heterocycles. The van der Waals surface area contributed by atoms with Crippen molar-refractivity contribution in [3.63, 3.8) is 0 Å². The summed E-state index contributed by atoms with van der Waals surface area (Å²) in [4.78, 5) is 17.0. The van der Waals surface area contributed by atoms with Gasteiger partial charge in [-0.05, 0) is 25.1 Å². The molecule has 1 N–H and O–H groups in total. The van der Waals surface area contributed by atoms with Crippen molar-refractivity contribution in [1.82, 2.24) is 9.55 Å². The summed E-state index contributed by atoms with van der Waals surface area (Å²) in [5.41, 5.74) is 3.30. The van der Waals surface area contributed by atoms with Crippen LogP contribution in [0.3, 0.4) is 0 Å². The van der Waals surface area contributed by atoms with E-state index in [9.17, 15) is 9.90 Å². The summed E-state index contributed by atoms with van der Waals surface area (Å²) in [7, 11) is 0. The van der Waals surface area contributed by atoms with Gasteiger partial charge in [0, 0.05) is 17.0 Å². The highest BCUT2D eigenvalue weighted by molar-refractivity contribution is 5.91. The van der Waals surface area contributed by atoms with Gasteiger partial charge in [0.1, 0.15) is 5.76 Å². The maximum Gasteiger partial charge on any atom is 0.353 e. The third-order valence-electron chi connectivity index (χ3n) is 4.46. The Hall–Kier alpha value is -3.66. The van der Waals surface area contributed by atoms with Gasteiger partial charge in [-0.15, -0.1) is 0 Å². The molecule has 4 rings (SSSR count). The molecule has 4 nitrogen and oxygen atoms in total. The molecular formula is C23H18N2O2. The molecule has 0 aliphatic heterocycles. The third kappa shape index (κ3) is 3.25. The van der Waals surface area contributed by atoms with Gasteiger partial charge in [-0.1, -0.05) is 66.2 Å². The van der Waals surface area contributed by atoms with Gasteiger partial charge in [0.05, 0.1) is 16.9 Å². The fourth-order valence-corrected chi connectivity index (χ4v) is 3.07. The Labute approximate surface area is 156 Å². The number of hydrogen-bond acceptors (Lipinski definition) is 3. The van der Waals surface area contributed by atoms with Gasteiger partial charge in [-0.25, -0.2) is 4.79 Å². The summed E-state index contributed by atoms with van der Waals surface area (Å²) in [5, 5.41) is 11.5. The fourth-order valence-electron chi connectivity index (χ4n) is 3.07. The van der Waals surface area contributed by atoms with Crippen molar-refractivity contribution >= 4 is 22.7 Å². The van der Waals surface area contributed by atoms with E-state index in [2.05, 4.69) is 4.98 Å². The maximum atomic E-state index is 12.8. The van der Waals surface area contributed by atoms with E-state index in [4.69, 9.17) is 0 Å². The number of aliphatic hydroxyl groups excluding tert-OH is 1. The van der Waals surface area contributed by atoms with Crippen molar-refractivity contribution in [2.45, 2.75) is 6.92 Å². The van der Waals surface area contributed by atoms with Gasteiger partial charge in [0.2, 0.25) is 0 Å². The van der Waals surface area contributed by atoms with Crippen molar-refractivity contribution in [2.24, 2.45) is 0 Å². The molecule has 0 aliphatic carbocycles. The Morgan fingerprint density at radius 3 is 2.33 bits per heavy atom. The molecule has 3 aromatic carbocycles. The highest BCUT2D eigenvalue weighted by Gasteiger charge is 2.12. The van der Waals surface area contributed by atoms with Crippen LogP contribution in [0, 0.1) is 6.92 Å². The Morgan fingerprint density at radius 1 is 0.926 bits per heavy atom. The first-order valence-electron chi connectivity index (χ1n) is 8.68. The van der Waals surface area contributed by atoms with Gasteiger partial charge in [0.25, 0.3) is 0 Å². The standard InChI is InChI=1S/C23H18N2O2/c1-16-11-13-17(14-12-16)22(26)15-21-19-9-5-6-10-20(19)24-23(27)25(21)18-7-3-2-4-8-18/h2-15,26H,1H3/b22-15-. The molecule has 0 amide bonds. The summed E-state index contributed by atoms with van der Waals surface area (Å²) in [5.74, 6) is 0.0930. The van der Waals surface area contributed by atoms with E-state index in [1.54, 1.807) is 12.1 Å². The average molecular weight is 354 g/mol. The Morgan fingerprint density at radius 2 is 1.59 bits per heavy atom. The van der Waals surface area contributed by atoms with Crippen LogP contribution in [-0.4, -0.2) is 14.7 Å². The van der Waals surface area contributed by atoms with Crippen LogP contribution in [0.4, 0.5) is 0 Å². The minimum absolute atomic E-state index is 0.0930. The number of aromatic nitrogens is 2. The van der Waals surface area contributed by atoms with Crippen LogP contribution in [-0.2, 0) is 0 Å². The van der Waals surface area contributed by atoms with Crippen molar-refractivity contribution < 1.29 is 5.11 Å². The molecule has 0 spiro atoms. The molecule has 27 heavy (non-hydrogen) atoms. The second-order valence-corrected chi connectivity index (χ2v) is 6.36. The molecule has 4 heteroatoms. The largest absolute Gasteiger partial charge is 0.507 e. The first-order chi connectivity index (χ1) is 13.1. The quantitative estimate of drug-likeness (QED) is 0.540. The number of aryl methyl sites for hydroxylation is 1. The normalized spacial score (nSPS) is 11.7. The average Bonchev–Trinajstić information content (AvgIpc) is 2.69. The summed E-state index contributed by atoms with van der Waals surface area (Å²) in [6, 6.07) is 24.3. The minimum atomic E-state index is -0.386. The molecule has 0 radical (unpaired) electrons. The SMILES string of the molecule is Cc1ccc(/C(O)=C/c2c3ccccc3nc(=O)n2-c2ccccc2)cc1. The highest BCUT2D eigenvalue weighted by Crippen LogP contribution is 2.23. The lowest BCUT2D eigenvalue weighted by atomic mass is 10.1. The number of nitrogens with zero attached hydrogens (tertiary/aromatic N) is 2. The molecular weight excluding hydrogens is 336 g/mol. The molecule has 0 saturated heterocycles. The molecule has 0 bridgehead atoms. The number of para-hydroxylation sites is 2. The second-order valence-electron chi connectivity index (χ2n) is 6.36. The van der Waals surface area contributed by atoms with Crippen LogP contribution < -0.4 is 5.69 Å². The van der Waals surface area contributed by atoms with E-state index in [0.29, 0.717) is 22.5 Å². The van der Waals surface area contributed by atoms with Gasteiger partial charge in [0.15, 0.2) is 0 Å². The molecule has 1 aromatic heterocycles. The van der Waals surface area contributed by atoms with Crippen LogP contribution in [0.25, 0.3) is 28.4 Å². The lowest BCUT2D eigenvalue weighted by Gasteiger charge is -2.13. The van der Waals surface area contributed by atoms with Crippen LogP contribution >= 0.6 is 0 Å². The summed E-state index contributed by atoms with van der Waals surface area (Å²) >= 11 is 0. The lowest BCUT2D eigenvalue weighted by Crippen LogP contribution is -2.23. The molecule has 4 aromatic rings.